The Morgan fingerprint density at radius 3 is 2.38 bits per heavy atom. The highest BCUT2D eigenvalue weighted by atomic mass is 19.1. The molecule has 1 aliphatic heterocycles. The van der Waals surface area contributed by atoms with Crippen molar-refractivity contribution >= 4 is 22.6 Å². The largest absolute Gasteiger partial charge is 0.352 e. The molecule has 160 valence electrons. The molecule has 1 aliphatic rings. The summed E-state index contributed by atoms with van der Waals surface area (Å²) in [6.45, 7) is 9.16. The molecule has 5 nitrogen and oxygen atoms in total. The van der Waals surface area contributed by atoms with Crippen molar-refractivity contribution in [3.05, 3.63) is 24.0 Å². The van der Waals surface area contributed by atoms with E-state index in [-0.39, 0.29) is 11.7 Å². The van der Waals surface area contributed by atoms with Crippen molar-refractivity contribution in [1.29, 1.82) is 0 Å². The lowest BCUT2D eigenvalue weighted by Gasteiger charge is -2.34. The third kappa shape index (κ3) is 5.56. The van der Waals surface area contributed by atoms with Gasteiger partial charge in [-0.2, -0.15) is 4.68 Å². The smallest absolute Gasteiger partial charge is 0.247 e. The first-order valence-corrected chi connectivity index (χ1v) is 11.3. The molecule has 0 N–H and O–H groups in total. The maximum absolute atomic E-state index is 13.9. The summed E-state index contributed by atoms with van der Waals surface area (Å²) in [5.41, 5.74) is 0.589. The molecule has 1 fully saturated rings. The number of unbranched alkanes of at least 4 members (excludes halogenated alkanes) is 6. The number of benzene rings is 1. The Hall–Kier alpha value is -1.95. The van der Waals surface area contributed by atoms with Gasteiger partial charge in [-0.25, -0.2) is 4.39 Å². The second-order valence-corrected chi connectivity index (χ2v) is 8.08. The Balaban J connectivity index is 1.67. The zero-order chi connectivity index (χ0) is 20.6. The summed E-state index contributed by atoms with van der Waals surface area (Å²) < 4.78 is 15.4. The molecule has 29 heavy (non-hydrogen) atoms. The number of aromatic nitrogens is 2. The maximum atomic E-state index is 13.9. The Kier molecular flexibility index (Phi) is 8.04. The van der Waals surface area contributed by atoms with Crippen LogP contribution in [-0.4, -0.2) is 53.3 Å². The van der Waals surface area contributed by atoms with Crippen LogP contribution in [0.2, 0.25) is 0 Å². The fourth-order valence-corrected chi connectivity index (χ4v) is 4.11. The molecule has 6 heteroatoms. The second-order valence-electron chi connectivity index (χ2n) is 8.08. The number of hydrogen-bond donors (Lipinski definition) is 0. The van der Waals surface area contributed by atoms with E-state index in [1.165, 1.54) is 48.9 Å². The van der Waals surface area contributed by atoms with Crippen LogP contribution in [0.5, 0.6) is 0 Å². The van der Waals surface area contributed by atoms with Gasteiger partial charge in [-0.3, -0.25) is 4.79 Å². The van der Waals surface area contributed by atoms with Gasteiger partial charge in [-0.05, 0) is 25.1 Å². The molecule has 1 aromatic heterocycles. The number of carbonyl (C=O) groups excluding carboxylic acids is 1. The Morgan fingerprint density at radius 2 is 1.69 bits per heavy atom. The number of anilines is 1. The third-order valence-corrected chi connectivity index (χ3v) is 5.97. The molecule has 0 radical (unpaired) electrons. The lowest BCUT2D eigenvalue weighted by Crippen LogP contribution is -2.46. The quantitative estimate of drug-likeness (QED) is 0.519. The molecule has 1 saturated heterocycles. The molecule has 0 saturated carbocycles. The fraction of sp³-hybridized carbons (Fsp3) is 0.652. The summed E-state index contributed by atoms with van der Waals surface area (Å²) in [7, 11) is 0. The van der Waals surface area contributed by atoms with Gasteiger partial charge in [0.1, 0.15) is 5.82 Å². The van der Waals surface area contributed by atoms with Gasteiger partial charge in [0.2, 0.25) is 5.91 Å². The van der Waals surface area contributed by atoms with E-state index in [1.807, 2.05) is 0 Å². The number of fused-ring (bicyclic) bond motifs is 1. The molecule has 0 bridgehead atoms. The molecule has 0 unspecified atom stereocenters. The van der Waals surface area contributed by atoms with Crippen molar-refractivity contribution < 1.29 is 9.18 Å². The van der Waals surface area contributed by atoms with Gasteiger partial charge in [-0.15, -0.1) is 5.10 Å². The lowest BCUT2D eigenvalue weighted by atomic mass is 10.1. The first-order chi connectivity index (χ1) is 14.1. The number of piperazine rings is 1. The van der Waals surface area contributed by atoms with Gasteiger partial charge in [0, 0.05) is 44.1 Å². The van der Waals surface area contributed by atoms with Crippen molar-refractivity contribution in [2.45, 2.75) is 65.2 Å². The van der Waals surface area contributed by atoms with Gasteiger partial charge in [0.05, 0.1) is 5.52 Å². The number of rotatable bonds is 10. The fourth-order valence-electron chi connectivity index (χ4n) is 4.11. The Labute approximate surface area is 173 Å². The van der Waals surface area contributed by atoms with E-state index in [0.717, 1.165) is 56.8 Å². The second kappa shape index (κ2) is 10.7. The van der Waals surface area contributed by atoms with Crippen LogP contribution in [0, 0.1) is 5.82 Å². The Morgan fingerprint density at radius 1 is 1.00 bits per heavy atom. The van der Waals surface area contributed by atoms with Gasteiger partial charge < -0.3 is 9.80 Å². The number of halogens is 1. The molecule has 0 amide bonds. The van der Waals surface area contributed by atoms with Crippen LogP contribution in [-0.2, 0) is 0 Å². The first-order valence-electron chi connectivity index (χ1n) is 11.3. The van der Waals surface area contributed by atoms with E-state index in [9.17, 15) is 9.18 Å². The highest BCUT2D eigenvalue weighted by molar-refractivity contribution is 5.97. The zero-order valence-corrected chi connectivity index (χ0v) is 18.0. The molecule has 0 spiro atoms. The monoisotopic (exact) mass is 402 g/mol. The third-order valence-electron chi connectivity index (χ3n) is 5.97. The summed E-state index contributed by atoms with van der Waals surface area (Å²) in [6, 6.07) is 4.66. The summed E-state index contributed by atoms with van der Waals surface area (Å²) >= 11 is 0. The molecular formula is C23H35FN4O. The minimum absolute atomic E-state index is 0.0346. The molecule has 2 heterocycles. The summed E-state index contributed by atoms with van der Waals surface area (Å²) in [6.07, 6.45) is 8.63. The van der Waals surface area contributed by atoms with Crippen LogP contribution < -0.4 is 4.90 Å². The van der Waals surface area contributed by atoms with Crippen molar-refractivity contribution in [3.8, 4) is 0 Å². The van der Waals surface area contributed by atoms with Crippen LogP contribution in [0.1, 0.15) is 70.0 Å². The average Bonchev–Trinajstić information content (AvgIpc) is 3.11. The standard InChI is InChI=1S/C23H35FN4O/c1-3-5-6-7-8-9-10-11-22(29)28-21-18-19(24)12-13-20(21)23(25-28)27-16-14-26(4-2)15-17-27/h12-13,18H,3-11,14-17H2,1-2H3. The predicted octanol–water partition coefficient (Wildman–Crippen LogP) is 5.10. The van der Waals surface area contributed by atoms with Crippen molar-refractivity contribution in [2.75, 3.05) is 37.6 Å². The number of nitrogens with zero attached hydrogens (tertiary/aromatic N) is 4. The van der Waals surface area contributed by atoms with Gasteiger partial charge in [0.25, 0.3) is 0 Å². The minimum atomic E-state index is -0.329. The molecule has 0 aliphatic carbocycles. The van der Waals surface area contributed by atoms with Crippen LogP contribution in [0.25, 0.3) is 10.9 Å². The average molecular weight is 403 g/mol. The van der Waals surface area contributed by atoms with Crippen LogP contribution in [0.3, 0.4) is 0 Å². The van der Waals surface area contributed by atoms with Crippen LogP contribution >= 0.6 is 0 Å². The van der Waals surface area contributed by atoms with Crippen molar-refractivity contribution in [2.24, 2.45) is 0 Å². The van der Waals surface area contributed by atoms with Crippen LogP contribution in [0.15, 0.2) is 18.2 Å². The van der Waals surface area contributed by atoms with Crippen molar-refractivity contribution in [1.82, 2.24) is 14.7 Å². The van der Waals surface area contributed by atoms with Gasteiger partial charge in [0.15, 0.2) is 5.82 Å². The highest BCUT2D eigenvalue weighted by Gasteiger charge is 2.23. The van der Waals surface area contributed by atoms with E-state index >= 15 is 0 Å². The molecule has 1 aromatic carbocycles. The van der Waals surface area contributed by atoms with Crippen molar-refractivity contribution in [3.63, 3.8) is 0 Å². The van der Waals surface area contributed by atoms with E-state index in [2.05, 4.69) is 28.7 Å². The zero-order valence-electron chi connectivity index (χ0n) is 18.0. The number of hydrogen-bond acceptors (Lipinski definition) is 4. The van der Waals surface area contributed by atoms with Gasteiger partial charge >= 0.3 is 0 Å². The summed E-state index contributed by atoms with van der Waals surface area (Å²) in [5.74, 6) is 0.445. The minimum Gasteiger partial charge on any atom is -0.352 e. The van der Waals surface area contributed by atoms with Crippen LogP contribution in [0.4, 0.5) is 10.2 Å². The first kappa shape index (κ1) is 21.8. The SMILES string of the molecule is CCCCCCCCCC(=O)n1nc(N2CCN(CC)CC2)c2ccc(F)cc21. The normalized spacial score (nSPS) is 15.3. The number of likely N-dealkylation sites (N-methyl/N-ethyl adjacent to an activating group) is 1. The topological polar surface area (TPSA) is 41.4 Å². The predicted molar refractivity (Wildman–Crippen MR) is 117 cm³/mol. The summed E-state index contributed by atoms with van der Waals surface area (Å²) in [5, 5.41) is 5.52. The lowest BCUT2D eigenvalue weighted by molar-refractivity contribution is 0.0889. The summed E-state index contributed by atoms with van der Waals surface area (Å²) in [4.78, 5) is 17.5. The van der Waals surface area contributed by atoms with E-state index in [4.69, 9.17) is 0 Å². The number of carbonyl (C=O) groups is 1. The van der Waals surface area contributed by atoms with Gasteiger partial charge in [-0.1, -0.05) is 52.4 Å². The molecule has 2 aromatic rings. The van der Waals surface area contributed by atoms with E-state index < -0.39 is 0 Å². The maximum Gasteiger partial charge on any atom is 0.247 e. The van der Waals surface area contributed by atoms with E-state index in [0.29, 0.717) is 11.9 Å². The molecule has 3 rings (SSSR count). The highest BCUT2D eigenvalue weighted by Crippen LogP contribution is 2.28. The molecular weight excluding hydrogens is 367 g/mol. The van der Waals surface area contributed by atoms with E-state index in [1.54, 1.807) is 6.07 Å². The Bertz CT molecular complexity index is 796. The molecule has 0 atom stereocenters.